The summed E-state index contributed by atoms with van der Waals surface area (Å²) in [7, 11) is 0. The van der Waals surface area contributed by atoms with E-state index in [0.717, 1.165) is 12.8 Å². The molecular formula is C12H18IN. The van der Waals surface area contributed by atoms with Crippen LogP contribution in [0.5, 0.6) is 0 Å². The van der Waals surface area contributed by atoms with Gasteiger partial charge in [0, 0.05) is 9.61 Å². The van der Waals surface area contributed by atoms with Crippen molar-refractivity contribution in [2.24, 2.45) is 11.7 Å². The summed E-state index contributed by atoms with van der Waals surface area (Å²) >= 11 is 2.32. The molecule has 78 valence electrons. The predicted molar refractivity (Wildman–Crippen MR) is 70.3 cm³/mol. The number of halogens is 1. The number of hydrogen-bond donors (Lipinski definition) is 1. The zero-order valence-corrected chi connectivity index (χ0v) is 11.0. The first-order valence-electron chi connectivity index (χ1n) is 5.08. The maximum atomic E-state index is 6.04. The minimum atomic E-state index is 0.301. The van der Waals surface area contributed by atoms with E-state index < -0.39 is 0 Å². The lowest BCUT2D eigenvalue weighted by atomic mass is 9.98. The fourth-order valence-electron chi connectivity index (χ4n) is 1.61. The van der Waals surface area contributed by atoms with E-state index in [-0.39, 0.29) is 0 Å². The Morgan fingerprint density at radius 3 is 2.29 bits per heavy atom. The molecule has 2 N–H and O–H groups in total. The Bertz CT molecular complexity index is 266. The highest BCUT2D eigenvalue weighted by Gasteiger charge is 2.06. The van der Waals surface area contributed by atoms with Gasteiger partial charge in [0.15, 0.2) is 0 Å². The standard InChI is InChI=1S/C12H18IN/c1-9(2)7-12(14)8-10-3-5-11(13)6-4-10/h3-6,9,12H,7-8,14H2,1-2H3. The van der Waals surface area contributed by atoms with Crippen molar-refractivity contribution in [1.29, 1.82) is 0 Å². The third-order valence-electron chi connectivity index (χ3n) is 2.19. The zero-order valence-electron chi connectivity index (χ0n) is 8.83. The molecule has 0 aliphatic heterocycles. The Labute approximate surface area is 100 Å². The van der Waals surface area contributed by atoms with E-state index in [0.29, 0.717) is 12.0 Å². The van der Waals surface area contributed by atoms with Gasteiger partial charge in [-0.25, -0.2) is 0 Å². The van der Waals surface area contributed by atoms with Crippen molar-refractivity contribution < 1.29 is 0 Å². The van der Waals surface area contributed by atoms with Gasteiger partial charge in [0.1, 0.15) is 0 Å². The van der Waals surface area contributed by atoms with Gasteiger partial charge in [-0.3, -0.25) is 0 Å². The molecule has 0 saturated heterocycles. The first-order valence-corrected chi connectivity index (χ1v) is 6.16. The number of rotatable bonds is 4. The van der Waals surface area contributed by atoms with Crippen LogP contribution in [0.15, 0.2) is 24.3 Å². The monoisotopic (exact) mass is 303 g/mol. The summed E-state index contributed by atoms with van der Waals surface area (Å²) in [5, 5.41) is 0. The molecule has 0 heterocycles. The molecule has 0 radical (unpaired) electrons. The van der Waals surface area contributed by atoms with E-state index in [4.69, 9.17) is 5.73 Å². The summed E-state index contributed by atoms with van der Waals surface area (Å²) < 4.78 is 1.28. The molecule has 0 aliphatic carbocycles. The maximum absolute atomic E-state index is 6.04. The van der Waals surface area contributed by atoms with Crippen LogP contribution < -0.4 is 5.73 Å². The van der Waals surface area contributed by atoms with Crippen molar-refractivity contribution in [2.75, 3.05) is 0 Å². The molecule has 0 aliphatic rings. The average molecular weight is 303 g/mol. The topological polar surface area (TPSA) is 26.0 Å². The van der Waals surface area contributed by atoms with E-state index in [1.165, 1.54) is 9.13 Å². The summed E-state index contributed by atoms with van der Waals surface area (Å²) in [5.74, 6) is 0.689. The number of hydrogen-bond acceptors (Lipinski definition) is 1. The molecule has 1 nitrogen and oxygen atoms in total. The van der Waals surface area contributed by atoms with Crippen LogP contribution in [0, 0.1) is 9.49 Å². The van der Waals surface area contributed by atoms with Crippen LogP contribution in [0.25, 0.3) is 0 Å². The lowest BCUT2D eigenvalue weighted by molar-refractivity contribution is 0.493. The SMILES string of the molecule is CC(C)CC(N)Cc1ccc(I)cc1. The van der Waals surface area contributed by atoms with E-state index in [2.05, 4.69) is 60.7 Å². The molecule has 2 heteroatoms. The first kappa shape index (κ1) is 12.0. The molecule has 0 aromatic heterocycles. The van der Waals surface area contributed by atoms with Gasteiger partial charge < -0.3 is 5.73 Å². The fraction of sp³-hybridized carbons (Fsp3) is 0.500. The van der Waals surface area contributed by atoms with E-state index in [9.17, 15) is 0 Å². The third-order valence-corrected chi connectivity index (χ3v) is 2.90. The predicted octanol–water partition coefficient (Wildman–Crippen LogP) is 3.21. The quantitative estimate of drug-likeness (QED) is 0.849. The van der Waals surface area contributed by atoms with Crippen molar-refractivity contribution in [3.63, 3.8) is 0 Å². The van der Waals surface area contributed by atoms with Gasteiger partial charge in [-0.1, -0.05) is 26.0 Å². The second-order valence-electron chi connectivity index (χ2n) is 4.22. The molecule has 0 amide bonds. The number of benzene rings is 1. The molecule has 0 fully saturated rings. The maximum Gasteiger partial charge on any atom is 0.0130 e. The van der Waals surface area contributed by atoms with Crippen LogP contribution in [0.4, 0.5) is 0 Å². The average Bonchev–Trinajstić information content (AvgIpc) is 2.07. The minimum Gasteiger partial charge on any atom is -0.327 e. The Balaban J connectivity index is 2.47. The normalized spacial score (nSPS) is 13.2. The summed E-state index contributed by atoms with van der Waals surface area (Å²) in [6.45, 7) is 4.43. The lowest BCUT2D eigenvalue weighted by Gasteiger charge is -2.13. The van der Waals surface area contributed by atoms with Gasteiger partial charge >= 0.3 is 0 Å². The van der Waals surface area contributed by atoms with Gasteiger partial charge in [0.05, 0.1) is 0 Å². The van der Waals surface area contributed by atoms with Crippen molar-refractivity contribution in [2.45, 2.75) is 32.7 Å². The Hall–Kier alpha value is -0.0900. The van der Waals surface area contributed by atoms with Crippen LogP contribution in [0.1, 0.15) is 25.8 Å². The summed E-state index contributed by atoms with van der Waals surface area (Å²) in [5.41, 5.74) is 7.39. The molecule has 1 atom stereocenters. The summed E-state index contributed by atoms with van der Waals surface area (Å²) in [6, 6.07) is 8.91. The minimum absolute atomic E-state index is 0.301. The van der Waals surface area contributed by atoms with Gasteiger partial charge in [-0.2, -0.15) is 0 Å². The first-order chi connectivity index (χ1) is 6.58. The van der Waals surface area contributed by atoms with Crippen LogP contribution >= 0.6 is 22.6 Å². The molecule has 1 rings (SSSR count). The van der Waals surface area contributed by atoms with Crippen molar-refractivity contribution in [3.8, 4) is 0 Å². The highest BCUT2D eigenvalue weighted by atomic mass is 127. The molecule has 1 aromatic rings. The highest BCUT2D eigenvalue weighted by Crippen LogP contribution is 2.11. The Morgan fingerprint density at radius 1 is 1.21 bits per heavy atom. The van der Waals surface area contributed by atoms with E-state index in [1.54, 1.807) is 0 Å². The van der Waals surface area contributed by atoms with Crippen LogP contribution in [-0.2, 0) is 6.42 Å². The van der Waals surface area contributed by atoms with Crippen molar-refractivity contribution >= 4 is 22.6 Å². The fourth-order valence-corrected chi connectivity index (χ4v) is 1.97. The van der Waals surface area contributed by atoms with Gasteiger partial charge in [-0.15, -0.1) is 0 Å². The molecule has 1 aromatic carbocycles. The third kappa shape index (κ3) is 4.42. The van der Waals surface area contributed by atoms with Gasteiger partial charge in [-0.05, 0) is 59.0 Å². The molecule has 0 saturated carbocycles. The lowest BCUT2D eigenvalue weighted by Crippen LogP contribution is -2.24. The summed E-state index contributed by atoms with van der Waals surface area (Å²) in [4.78, 5) is 0. The van der Waals surface area contributed by atoms with Crippen molar-refractivity contribution in [3.05, 3.63) is 33.4 Å². The molecular weight excluding hydrogens is 285 g/mol. The van der Waals surface area contributed by atoms with E-state index in [1.807, 2.05) is 0 Å². The smallest absolute Gasteiger partial charge is 0.0130 e. The van der Waals surface area contributed by atoms with Crippen molar-refractivity contribution in [1.82, 2.24) is 0 Å². The second kappa shape index (κ2) is 5.71. The summed E-state index contributed by atoms with van der Waals surface area (Å²) in [6.07, 6.45) is 2.10. The largest absolute Gasteiger partial charge is 0.327 e. The van der Waals surface area contributed by atoms with E-state index >= 15 is 0 Å². The Kier molecular flexibility index (Phi) is 4.89. The van der Waals surface area contributed by atoms with Gasteiger partial charge in [0.25, 0.3) is 0 Å². The van der Waals surface area contributed by atoms with Crippen LogP contribution in [-0.4, -0.2) is 6.04 Å². The van der Waals surface area contributed by atoms with Crippen LogP contribution in [0.2, 0.25) is 0 Å². The highest BCUT2D eigenvalue weighted by molar-refractivity contribution is 14.1. The molecule has 14 heavy (non-hydrogen) atoms. The van der Waals surface area contributed by atoms with Crippen LogP contribution in [0.3, 0.4) is 0 Å². The molecule has 0 bridgehead atoms. The Morgan fingerprint density at radius 2 is 1.79 bits per heavy atom. The molecule has 0 spiro atoms. The zero-order chi connectivity index (χ0) is 10.6. The second-order valence-corrected chi connectivity index (χ2v) is 5.47. The van der Waals surface area contributed by atoms with Gasteiger partial charge in [0.2, 0.25) is 0 Å². The number of nitrogens with two attached hydrogens (primary N) is 1. The molecule has 1 unspecified atom stereocenters.